The third-order valence-corrected chi connectivity index (χ3v) is 1.67. The van der Waals surface area contributed by atoms with E-state index >= 15 is 0 Å². The normalized spacial score (nSPS) is 10.8. The van der Waals surface area contributed by atoms with Gasteiger partial charge in [0.25, 0.3) is 0 Å². The van der Waals surface area contributed by atoms with Crippen molar-refractivity contribution >= 4 is 6.08 Å². The summed E-state index contributed by atoms with van der Waals surface area (Å²) < 4.78 is 0. The zero-order valence-electron chi connectivity index (χ0n) is 6.99. The highest BCUT2D eigenvalue weighted by Crippen LogP contribution is 2.22. The quantitative estimate of drug-likeness (QED) is 0.698. The predicted octanol–water partition coefficient (Wildman–Crippen LogP) is 1.71. The molecule has 1 rings (SSSR count). The predicted molar refractivity (Wildman–Crippen MR) is 49.0 cm³/mol. The summed E-state index contributed by atoms with van der Waals surface area (Å²) in [6.45, 7) is 1.83. The Kier molecular flexibility index (Phi) is 2.88. The third-order valence-electron chi connectivity index (χ3n) is 1.67. The number of para-hydroxylation sites is 1. The largest absolute Gasteiger partial charge is 0.507 e. The summed E-state index contributed by atoms with van der Waals surface area (Å²) in [7, 11) is 0. The lowest BCUT2D eigenvalue weighted by Gasteiger charge is -2.01. The van der Waals surface area contributed by atoms with Gasteiger partial charge in [-0.1, -0.05) is 30.4 Å². The number of aliphatic hydroxyl groups excluding tert-OH is 1. The molecular weight excluding hydrogens is 152 g/mol. The minimum absolute atomic E-state index is 0.00657. The van der Waals surface area contributed by atoms with E-state index in [1.54, 1.807) is 18.2 Å². The molecule has 64 valence electrons. The Morgan fingerprint density at radius 3 is 2.83 bits per heavy atom. The number of phenolic OH excluding ortho intramolecular Hbond substituents is 1. The molecule has 2 heteroatoms. The van der Waals surface area contributed by atoms with Crippen molar-refractivity contribution in [3.8, 4) is 5.75 Å². The molecule has 2 nitrogen and oxygen atoms in total. The van der Waals surface area contributed by atoms with E-state index in [0.29, 0.717) is 0 Å². The number of aromatic hydroxyl groups is 1. The SMILES string of the molecule is Cc1cccc(C=CCO)c1O. The summed E-state index contributed by atoms with van der Waals surface area (Å²) in [5.41, 5.74) is 1.58. The summed E-state index contributed by atoms with van der Waals surface area (Å²) >= 11 is 0. The number of hydrogen-bond donors (Lipinski definition) is 2. The Morgan fingerprint density at radius 1 is 1.42 bits per heavy atom. The molecule has 2 N–H and O–H groups in total. The second kappa shape index (κ2) is 3.93. The summed E-state index contributed by atoms with van der Waals surface area (Å²) in [6, 6.07) is 5.51. The molecule has 0 saturated carbocycles. The standard InChI is InChI=1S/C10H12O2/c1-8-4-2-5-9(10(8)12)6-3-7-11/h2-6,11-12H,7H2,1H3. The monoisotopic (exact) mass is 164 g/mol. The van der Waals surface area contributed by atoms with Crippen molar-refractivity contribution in [2.75, 3.05) is 6.61 Å². The zero-order chi connectivity index (χ0) is 8.97. The van der Waals surface area contributed by atoms with Gasteiger partial charge in [0.1, 0.15) is 5.75 Å². The first-order valence-electron chi connectivity index (χ1n) is 3.81. The van der Waals surface area contributed by atoms with Crippen LogP contribution in [-0.4, -0.2) is 16.8 Å². The van der Waals surface area contributed by atoms with Crippen molar-refractivity contribution in [3.63, 3.8) is 0 Å². The van der Waals surface area contributed by atoms with E-state index in [2.05, 4.69) is 0 Å². The highest BCUT2D eigenvalue weighted by atomic mass is 16.3. The van der Waals surface area contributed by atoms with Gasteiger partial charge in [0.2, 0.25) is 0 Å². The van der Waals surface area contributed by atoms with Gasteiger partial charge >= 0.3 is 0 Å². The van der Waals surface area contributed by atoms with Crippen LogP contribution in [0.2, 0.25) is 0 Å². The van der Waals surface area contributed by atoms with Crippen LogP contribution in [0.1, 0.15) is 11.1 Å². The molecule has 0 spiro atoms. The number of benzene rings is 1. The molecule has 0 aromatic heterocycles. The molecule has 12 heavy (non-hydrogen) atoms. The van der Waals surface area contributed by atoms with E-state index in [4.69, 9.17) is 5.11 Å². The fraction of sp³-hybridized carbons (Fsp3) is 0.200. The van der Waals surface area contributed by atoms with Gasteiger partial charge in [-0.2, -0.15) is 0 Å². The third kappa shape index (κ3) is 1.86. The first-order chi connectivity index (χ1) is 5.75. The zero-order valence-corrected chi connectivity index (χ0v) is 6.99. The highest BCUT2D eigenvalue weighted by Gasteiger charge is 1.98. The van der Waals surface area contributed by atoms with Gasteiger partial charge in [-0.3, -0.25) is 0 Å². The van der Waals surface area contributed by atoms with Gasteiger partial charge in [-0.15, -0.1) is 0 Å². The van der Waals surface area contributed by atoms with E-state index in [9.17, 15) is 5.11 Å². The van der Waals surface area contributed by atoms with Crippen molar-refractivity contribution in [1.29, 1.82) is 0 Å². The number of aliphatic hydroxyl groups is 1. The van der Waals surface area contributed by atoms with Crippen molar-refractivity contribution in [2.45, 2.75) is 6.92 Å². The number of rotatable bonds is 2. The van der Waals surface area contributed by atoms with Crippen LogP contribution in [0.4, 0.5) is 0 Å². The molecule has 0 bridgehead atoms. The van der Waals surface area contributed by atoms with Crippen LogP contribution in [-0.2, 0) is 0 Å². The van der Waals surface area contributed by atoms with Gasteiger partial charge in [0, 0.05) is 5.56 Å². The van der Waals surface area contributed by atoms with Gasteiger partial charge < -0.3 is 10.2 Å². The minimum atomic E-state index is -0.00657. The average molecular weight is 164 g/mol. The summed E-state index contributed by atoms with van der Waals surface area (Å²) in [4.78, 5) is 0. The fourth-order valence-corrected chi connectivity index (χ4v) is 0.996. The molecule has 0 unspecified atom stereocenters. The molecule has 0 radical (unpaired) electrons. The van der Waals surface area contributed by atoms with Crippen molar-refractivity contribution in [3.05, 3.63) is 35.4 Å². The Hall–Kier alpha value is -1.28. The number of phenols is 1. The van der Waals surface area contributed by atoms with Gasteiger partial charge in [0.05, 0.1) is 6.61 Å². The molecular formula is C10H12O2. The molecule has 1 aromatic carbocycles. The second-order valence-electron chi connectivity index (χ2n) is 2.60. The first kappa shape index (κ1) is 8.81. The van der Waals surface area contributed by atoms with Crippen LogP contribution in [0.25, 0.3) is 6.08 Å². The smallest absolute Gasteiger partial charge is 0.125 e. The minimum Gasteiger partial charge on any atom is -0.507 e. The van der Waals surface area contributed by atoms with Gasteiger partial charge in [0.15, 0.2) is 0 Å². The van der Waals surface area contributed by atoms with E-state index in [1.165, 1.54) is 0 Å². The molecule has 0 aliphatic carbocycles. The van der Waals surface area contributed by atoms with Crippen LogP contribution in [0.3, 0.4) is 0 Å². The van der Waals surface area contributed by atoms with E-state index in [-0.39, 0.29) is 12.4 Å². The van der Waals surface area contributed by atoms with Crippen molar-refractivity contribution in [2.24, 2.45) is 0 Å². The maximum Gasteiger partial charge on any atom is 0.125 e. The molecule has 0 aliphatic heterocycles. The molecule has 0 amide bonds. The summed E-state index contributed by atoms with van der Waals surface area (Å²) in [6.07, 6.45) is 3.29. The van der Waals surface area contributed by atoms with Crippen LogP contribution >= 0.6 is 0 Å². The molecule has 0 saturated heterocycles. The maximum absolute atomic E-state index is 9.49. The summed E-state index contributed by atoms with van der Waals surface area (Å²) in [5.74, 6) is 0.280. The average Bonchev–Trinajstić information content (AvgIpc) is 2.08. The van der Waals surface area contributed by atoms with E-state index in [0.717, 1.165) is 11.1 Å². The molecule has 1 aromatic rings. The van der Waals surface area contributed by atoms with Crippen molar-refractivity contribution in [1.82, 2.24) is 0 Å². The van der Waals surface area contributed by atoms with Crippen LogP contribution in [0.15, 0.2) is 24.3 Å². The Morgan fingerprint density at radius 2 is 2.17 bits per heavy atom. The van der Waals surface area contributed by atoms with E-state index in [1.807, 2.05) is 19.1 Å². The van der Waals surface area contributed by atoms with Crippen LogP contribution < -0.4 is 0 Å². The Bertz CT molecular complexity index is 290. The fourth-order valence-electron chi connectivity index (χ4n) is 0.996. The number of hydrogen-bond acceptors (Lipinski definition) is 2. The van der Waals surface area contributed by atoms with Crippen molar-refractivity contribution < 1.29 is 10.2 Å². The van der Waals surface area contributed by atoms with Gasteiger partial charge in [-0.25, -0.2) is 0 Å². The molecule has 0 atom stereocenters. The molecule has 0 fully saturated rings. The lowest BCUT2D eigenvalue weighted by molar-refractivity contribution is 0.343. The number of aryl methyl sites for hydroxylation is 1. The first-order valence-corrected chi connectivity index (χ1v) is 3.81. The maximum atomic E-state index is 9.49. The Labute approximate surface area is 71.8 Å². The second-order valence-corrected chi connectivity index (χ2v) is 2.60. The topological polar surface area (TPSA) is 40.5 Å². The molecule has 0 heterocycles. The van der Waals surface area contributed by atoms with E-state index < -0.39 is 0 Å². The highest BCUT2D eigenvalue weighted by molar-refractivity contribution is 5.58. The Balaban J connectivity index is 3.00. The van der Waals surface area contributed by atoms with Crippen LogP contribution in [0, 0.1) is 6.92 Å². The lowest BCUT2D eigenvalue weighted by atomic mass is 10.1. The van der Waals surface area contributed by atoms with Crippen LogP contribution in [0.5, 0.6) is 5.75 Å². The molecule has 0 aliphatic rings. The summed E-state index contributed by atoms with van der Waals surface area (Å²) in [5, 5.41) is 18.0. The van der Waals surface area contributed by atoms with Gasteiger partial charge in [-0.05, 0) is 12.5 Å². The lowest BCUT2D eigenvalue weighted by Crippen LogP contribution is -1.79.